The number of rotatable bonds is 2. The molecule has 0 spiro atoms. The fraction of sp³-hybridized carbons (Fsp3) is 0.714. The van der Waals surface area contributed by atoms with E-state index in [4.69, 9.17) is 0 Å². The lowest BCUT2D eigenvalue weighted by atomic mass is 10.1. The molecule has 0 N–H and O–H groups in total. The van der Waals surface area contributed by atoms with Crippen LogP contribution in [-0.4, -0.2) is 34.8 Å². The van der Waals surface area contributed by atoms with Gasteiger partial charge in [-0.2, -0.15) is 0 Å². The lowest BCUT2D eigenvalue weighted by molar-refractivity contribution is -0.160. The molecule has 0 aromatic rings. The highest BCUT2D eigenvalue weighted by Gasteiger charge is 2.44. The van der Waals surface area contributed by atoms with Gasteiger partial charge in [0.1, 0.15) is 0 Å². The summed E-state index contributed by atoms with van der Waals surface area (Å²) in [6.07, 6.45) is 0.00586. The van der Waals surface area contributed by atoms with E-state index in [9.17, 15) is 18.4 Å². The molecule has 1 heterocycles. The van der Waals surface area contributed by atoms with Crippen molar-refractivity contribution in [1.29, 1.82) is 0 Å². The smallest absolute Gasteiger partial charge is 0.265 e. The van der Waals surface area contributed by atoms with E-state index in [1.54, 1.807) is 6.26 Å². The second-order valence-corrected chi connectivity index (χ2v) is 3.68. The average molecular weight is 209 g/mol. The van der Waals surface area contributed by atoms with Crippen LogP contribution in [0.2, 0.25) is 0 Å². The zero-order valence-corrected chi connectivity index (χ0v) is 7.87. The fourth-order valence-electron chi connectivity index (χ4n) is 1.11. The monoisotopic (exact) mass is 209 g/mol. The zero-order chi connectivity index (χ0) is 10.1. The molecule has 1 aliphatic heterocycles. The highest BCUT2D eigenvalue weighted by molar-refractivity contribution is 7.98. The number of piperidine rings is 1. The molecule has 0 unspecified atom stereocenters. The number of halogens is 2. The number of likely N-dealkylation sites (tertiary alicyclic amines) is 1. The number of hydrogen-bond donors (Lipinski definition) is 0. The van der Waals surface area contributed by atoms with Gasteiger partial charge in [0.05, 0.1) is 18.7 Å². The minimum Gasteiger partial charge on any atom is -0.274 e. The molecule has 1 rings (SSSR count). The van der Waals surface area contributed by atoms with Crippen molar-refractivity contribution in [2.75, 3.05) is 12.1 Å². The van der Waals surface area contributed by atoms with Crippen molar-refractivity contribution in [3.63, 3.8) is 0 Å². The second-order valence-electron chi connectivity index (χ2n) is 2.84. The standard InChI is InChI=1S/C7H9F2NO2S/c1-13-4-10-5(11)2-7(8,9)3-6(10)12/h2-4H2,1H3. The van der Waals surface area contributed by atoms with E-state index < -0.39 is 30.6 Å². The van der Waals surface area contributed by atoms with Crippen LogP contribution in [0.15, 0.2) is 0 Å². The average Bonchev–Trinajstić information content (AvgIpc) is 1.94. The Labute approximate surface area is 78.5 Å². The van der Waals surface area contributed by atoms with Gasteiger partial charge in [-0.15, -0.1) is 11.8 Å². The van der Waals surface area contributed by atoms with E-state index in [0.717, 1.165) is 4.90 Å². The van der Waals surface area contributed by atoms with Crippen LogP contribution >= 0.6 is 11.8 Å². The summed E-state index contributed by atoms with van der Waals surface area (Å²) < 4.78 is 25.3. The minimum absolute atomic E-state index is 0.160. The molecule has 74 valence electrons. The number of nitrogens with zero attached hydrogens (tertiary/aromatic N) is 1. The number of alkyl halides is 2. The van der Waals surface area contributed by atoms with Gasteiger partial charge in [-0.3, -0.25) is 14.5 Å². The summed E-state index contributed by atoms with van der Waals surface area (Å²) >= 11 is 1.26. The van der Waals surface area contributed by atoms with Crippen molar-refractivity contribution in [2.45, 2.75) is 18.8 Å². The molecule has 0 atom stereocenters. The van der Waals surface area contributed by atoms with Gasteiger partial charge in [0.25, 0.3) is 5.92 Å². The molecule has 0 saturated carbocycles. The molecule has 0 radical (unpaired) electrons. The van der Waals surface area contributed by atoms with Crippen molar-refractivity contribution in [3.05, 3.63) is 0 Å². The Morgan fingerprint density at radius 2 is 1.85 bits per heavy atom. The third-order valence-corrected chi connectivity index (χ3v) is 2.20. The summed E-state index contributed by atoms with van der Waals surface area (Å²) in [4.78, 5) is 22.9. The largest absolute Gasteiger partial charge is 0.274 e. The summed E-state index contributed by atoms with van der Waals surface area (Å²) in [7, 11) is 0. The fourth-order valence-corrected chi connectivity index (χ4v) is 1.65. The highest BCUT2D eigenvalue weighted by atomic mass is 32.2. The van der Waals surface area contributed by atoms with E-state index in [2.05, 4.69) is 0 Å². The molecule has 0 aliphatic carbocycles. The molecule has 6 heteroatoms. The molecular formula is C7H9F2NO2S. The maximum absolute atomic E-state index is 12.6. The van der Waals surface area contributed by atoms with Gasteiger partial charge in [0.15, 0.2) is 0 Å². The van der Waals surface area contributed by atoms with Crippen LogP contribution in [0.1, 0.15) is 12.8 Å². The predicted molar refractivity (Wildman–Crippen MR) is 44.4 cm³/mol. The van der Waals surface area contributed by atoms with Crippen LogP contribution in [0.25, 0.3) is 0 Å². The number of amides is 2. The Balaban J connectivity index is 2.71. The zero-order valence-electron chi connectivity index (χ0n) is 7.05. The molecule has 1 fully saturated rings. The van der Waals surface area contributed by atoms with Gasteiger partial charge in [0, 0.05) is 0 Å². The Morgan fingerprint density at radius 1 is 1.38 bits per heavy atom. The number of thioether (sulfide) groups is 1. The molecule has 0 aromatic heterocycles. The van der Waals surface area contributed by atoms with Crippen LogP contribution in [0.4, 0.5) is 8.78 Å². The lowest BCUT2D eigenvalue weighted by Crippen LogP contribution is -2.47. The topological polar surface area (TPSA) is 37.4 Å². The van der Waals surface area contributed by atoms with Crippen LogP contribution in [0.5, 0.6) is 0 Å². The summed E-state index contributed by atoms with van der Waals surface area (Å²) in [5, 5.41) is 0. The van der Waals surface area contributed by atoms with Crippen LogP contribution in [0.3, 0.4) is 0 Å². The van der Waals surface area contributed by atoms with Crippen LogP contribution < -0.4 is 0 Å². The van der Waals surface area contributed by atoms with Gasteiger partial charge in [0.2, 0.25) is 11.8 Å². The maximum Gasteiger partial charge on any atom is 0.265 e. The Morgan fingerprint density at radius 3 is 2.23 bits per heavy atom. The second kappa shape index (κ2) is 3.61. The Bertz CT molecular complexity index is 225. The summed E-state index contributed by atoms with van der Waals surface area (Å²) in [6, 6.07) is 0. The maximum atomic E-state index is 12.6. The van der Waals surface area contributed by atoms with Gasteiger partial charge < -0.3 is 0 Å². The van der Waals surface area contributed by atoms with E-state index in [0.29, 0.717) is 0 Å². The van der Waals surface area contributed by atoms with Crippen molar-refractivity contribution >= 4 is 23.6 Å². The normalized spacial score (nSPS) is 22.2. The first-order valence-corrected chi connectivity index (χ1v) is 5.05. The predicted octanol–water partition coefficient (Wildman–Crippen LogP) is 1.09. The first-order valence-electron chi connectivity index (χ1n) is 3.66. The van der Waals surface area contributed by atoms with Crippen LogP contribution in [0, 0.1) is 0 Å². The first kappa shape index (κ1) is 10.4. The van der Waals surface area contributed by atoms with E-state index in [-0.39, 0.29) is 5.88 Å². The molecule has 1 aliphatic rings. The van der Waals surface area contributed by atoms with Gasteiger partial charge >= 0.3 is 0 Å². The SMILES string of the molecule is CSCN1C(=O)CC(F)(F)CC1=O. The molecule has 1 saturated heterocycles. The number of hydrogen-bond acceptors (Lipinski definition) is 3. The van der Waals surface area contributed by atoms with Crippen molar-refractivity contribution in [3.8, 4) is 0 Å². The quantitative estimate of drug-likeness (QED) is 0.639. The van der Waals surface area contributed by atoms with Crippen molar-refractivity contribution in [2.24, 2.45) is 0 Å². The third-order valence-electron chi connectivity index (χ3n) is 1.68. The molecular weight excluding hydrogens is 200 g/mol. The Kier molecular flexibility index (Phi) is 2.90. The van der Waals surface area contributed by atoms with Crippen LogP contribution in [-0.2, 0) is 9.59 Å². The van der Waals surface area contributed by atoms with Crippen molar-refractivity contribution < 1.29 is 18.4 Å². The van der Waals surface area contributed by atoms with E-state index >= 15 is 0 Å². The molecule has 2 amide bonds. The minimum atomic E-state index is -3.15. The Hall–Kier alpha value is -0.650. The van der Waals surface area contributed by atoms with Crippen molar-refractivity contribution in [1.82, 2.24) is 4.90 Å². The summed E-state index contributed by atoms with van der Waals surface area (Å²) in [5.74, 6) is -4.55. The number of imide groups is 1. The third kappa shape index (κ3) is 2.40. The van der Waals surface area contributed by atoms with Gasteiger partial charge in [-0.1, -0.05) is 0 Å². The van der Waals surface area contributed by atoms with Gasteiger partial charge in [-0.05, 0) is 6.26 Å². The molecule has 0 bridgehead atoms. The highest BCUT2D eigenvalue weighted by Crippen LogP contribution is 2.29. The first-order chi connectivity index (χ1) is 5.96. The summed E-state index contributed by atoms with van der Waals surface area (Å²) in [5.41, 5.74) is 0. The van der Waals surface area contributed by atoms with E-state index in [1.165, 1.54) is 11.8 Å². The molecule has 13 heavy (non-hydrogen) atoms. The molecule has 3 nitrogen and oxygen atoms in total. The van der Waals surface area contributed by atoms with Gasteiger partial charge in [-0.25, -0.2) is 8.78 Å². The summed E-state index contributed by atoms with van der Waals surface area (Å²) in [6.45, 7) is 0. The molecule has 0 aromatic carbocycles. The van der Waals surface area contributed by atoms with E-state index in [1.807, 2.05) is 0 Å². The number of carbonyl (C=O) groups excluding carboxylic acids is 2. The lowest BCUT2D eigenvalue weighted by Gasteiger charge is -2.28. The number of carbonyl (C=O) groups is 2.